The summed E-state index contributed by atoms with van der Waals surface area (Å²) in [7, 11) is -1.70. The predicted molar refractivity (Wildman–Crippen MR) is 89.3 cm³/mol. The first-order valence-electron chi connectivity index (χ1n) is 6.68. The van der Waals surface area contributed by atoms with Gasteiger partial charge in [-0.25, -0.2) is 12.7 Å². The predicted octanol–water partition coefficient (Wildman–Crippen LogP) is 2.54. The van der Waals surface area contributed by atoms with Crippen LogP contribution in [0.5, 0.6) is 0 Å². The van der Waals surface area contributed by atoms with Crippen LogP contribution >= 0.6 is 23.1 Å². The first kappa shape index (κ1) is 18.0. The summed E-state index contributed by atoms with van der Waals surface area (Å²) in [6, 6.07) is 1.81. The molecule has 7 heteroatoms. The Kier molecular flexibility index (Phi) is 7.53. The van der Waals surface area contributed by atoms with Crippen LogP contribution in [0.15, 0.2) is 11.0 Å². The van der Waals surface area contributed by atoms with Crippen molar-refractivity contribution >= 4 is 33.1 Å². The third-order valence-corrected chi connectivity index (χ3v) is 6.70. The van der Waals surface area contributed by atoms with Crippen molar-refractivity contribution < 1.29 is 8.42 Å². The number of rotatable bonds is 9. The lowest BCUT2D eigenvalue weighted by Crippen LogP contribution is -2.29. The van der Waals surface area contributed by atoms with E-state index in [4.69, 9.17) is 0 Å². The highest BCUT2D eigenvalue weighted by Crippen LogP contribution is 2.27. The van der Waals surface area contributed by atoms with E-state index in [1.165, 1.54) is 4.31 Å². The lowest BCUT2D eigenvalue weighted by atomic mass is 10.4. The summed E-state index contributed by atoms with van der Waals surface area (Å²) in [5, 5.41) is 3.31. The van der Waals surface area contributed by atoms with Crippen molar-refractivity contribution in [2.45, 2.75) is 31.7 Å². The van der Waals surface area contributed by atoms with Gasteiger partial charge < -0.3 is 5.32 Å². The molecular formula is C13H24N2O2S3. The zero-order chi connectivity index (χ0) is 15.2. The van der Waals surface area contributed by atoms with Crippen molar-refractivity contribution in [2.75, 3.05) is 32.1 Å². The molecule has 0 unspecified atom stereocenters. The van der Waals surface area contributed by atoms with E-state index in [0.29, 0.717) is 11.4 Å². The van der Waals surface area contributed by atoms with Crippen molar-refractivity contribution in [1.82, 2.24) is 9.62 Å². The van der Waals surface area contributed by atoms with Gasteiger partial charge in [-0.3, -0.25) is 0 Å². The second kappa shape index (κ2) is 8.38. The van der Waals surface area contributed by atoms with Crippen LogP contribution in [0.3, 0.4) is 0 Å². The van der Waals surface area contributed by atoms with Crippen LogP contribution in [-0.4, -0.2) is 44.9 Å². The van der Waals surface area contributed by atoms with Crippen LogP contribution in [0, 0.1) is 6.92 Å². The number of aryl methyl sites for hydroxylation is 1. The number of hydrogen-bond acceptors (Lipinski definition) is 5. The topological polar surface area (TPSA) is 49.4 Å². The first-order valence-corrected chi connectivity index (χ1v) is 10.3. The molecule has 0 saturated heterocycles. The molecule has 1 heterocycles. The normalized spacial score (nSPS) is 12.2. The minimum Gasteiger partial charge on any atom is -0.312 e. The van der Waals surface area contributed by atoms with Crippen LogP contribution in [0.2, 0.25) is 0 Å². The van der Waals surface area contributed by atoms with Crippen LogP contribution in [-0.2, 0) is 16.6 Å². The Morgan fingerprint density at radius 3 is 2.75 bits per heavy atom. The SMILES string of the molecule is CCCNCc1cc(S(=O)(=O)N(C)CCSC)c(C)s1. The number of hydrogen-bond donors (Lipinski definition) is 1. The molecule has 1 N–H and O–H groups in total. The van der Waals surface area contributed by atoms with Gasteiger partial charge in [0.25, 0.3) is 0 Å². The molecule has 0 aliphatic heterocycles. The summed E-state index contributed by atoms with van der Waals surface area (Å²) >= 11 is 3.21. The monoisotopic (exact) mass is 336 g/mol. The van der Waals surface area contributed by atoms with Gasteiger partial charge in [0.1, 0.15) is 0 Å². The number of thioether (sulfide) groups is 1. The third-order valence-electron chi connectivity index (χ3n) is 2.95. The summed E-state index contributed by atoms with van der Waals surface area (Å²) in [4.78, 5) is 2.40. The molecule has 1 aromatic heterocycles. The summed E-state index contributed by atoms with van der Waals surface area (Å²) < 4.78 is 26.5. The van der Waals surface area contributed by atoms with E-state index in [2.05, 4.69) is 12.2 Å². The average molecular weight is 337 g/mol. The van der Waals surface area contributed by atoms with E-state index < -0.39 is 10.0 Å². The van der Waals surface area contributed by atoms with E-state index in [9.17, 15) is 8.42 Å². The molecule has 0 aromatic carbocycles. The van der Waals surface area contributed by atoms with Gasteiger partial charge in [0.05, 0.1) is 4.90 Å². The quantitative estimate of drug-likeness (QED) is 0.704. The number of nitrogens with one attached hydrogen (secondary N) is 1. The molecule has 0 aliphatic rings. The molecule has 1 aromatic rings. The van der Waals surface area contributed by atoms with Crippen LogP contribution < -0.4 is 5.32 Å². The van der Waals surface area contributed by atoms with E-state index >= 15 is 0 Å². The fourth-order valence-corrected chi connectivity index (χ4v) is 5.08. The first-order chi connectivity index (χ1) is 9.43. The maximum atomic E-state index is 12.5. The number of nitrogens with zero attached hydrogens (tertiary/aromatic N) is 1. The molecule has 20 heavy (non-hydrogen) atoms. The van der Waals surface area contributed by atoms with Gasteiger partial charge >= 0.3 is 0 Å². The maximum absolute atomic E-state index is 12.5. The largest absolute Gasteiger partial charge is 0.312 e. The molecule has 0 atom stereocenters. The van der Waals surface area contributed by atoms with Crippen molar-refractivity contribution in [1.29, 1.82) is 0 Å². The molecule has 0 spiro atoms. The molecule has 0 saturated carbocycles. The Morgan fingerprint density at radius 2 is 2.15 bits per heavy atom. The van der Waals surface area contributed by atoms with Gasteiger partial charge in [0.15, 0.2) is 0 Å². The molecule has 0 amide bonds. The lowest BCUT2D eigenvalue weighted by Gasteiger charge is -2.16. The smallest absolute Gasteiger partial charge is 0.243 e. The van der Waals surface area contributed by atoms with Gasteiger partial charge in [-0.05, 0) is 32.2 Å². The molecule has 0 radical (unpaired) electrons. The molecule has 0 bridgehead atoms. The second-order valence-electron chi connectivity index (χ2n) is 4.63. The molecule has 0 fully saturated rings. The van der Waals surface area contributed by atoms with E-state index in [1.54, 1.807) is 30.1 Å². The number of sulfonamides is 1. The zero-order valence-electron chi connectivity index (χ0n) is 12.6. The highest BCUT2D eigenvalue weighted by Gasteiger charge is 2.24. The summed E-state index contributed by atoms with van der Waals surface area (Å²) in [5.74, 6) is 0.809. The molecule has 4 nitrogen and oxygen atoms in total. The Hall–Kier alpha value is -0.0800. The minimum absolute atomic E-state index is 0.458. The standard InChI is InChI=1S/C13H24N2O2S3/c1-5-6-14-10-12-9-13(11(2)19-12)20(16,17)15(3)7-8-18-4/h9,14H,5-8,10H2,1-4H3. The molecule has 0 aliphatic carbocycles. The van der Waals surface area contributed by atoms with Crippen LogP contribution in [0.25, 0.3) is 0 Å². The van der Waals surface area contributed by atoms with Gasteiger partial charge in [-0.15, -0.1) is 11.3 Å². The van der Waals surface area contributed by atoms with E-state index in [1.807, 2.05) is 19.2 Å². The summed E-state index contributed by atoms with van der Waals surface area (Å²) in [5.41, 5.74) is 0. The Bertz CT molecular complexity index is 512. The lowest BCUT2D eigenvalue weighted by molar-refractivity contribution is 0.488. The van der Waals surface area contributed by atoms with Gasteiger partial charge in [0.2, 0.25) is 10.0 Å². The maximum Gasteiger partial charge on any atom is 0.243 e. The molecular weight excluding hydrogens is 312 g/mol. The molecule has 116 valence electrons. The van der Waals surface area contributed by atoms with E-state index in [-0.39, 0.29) is 0 Å². The fourth-order valence-electron chi connectivity index (χ4n) is 1.76. The zero-order valence-corrected chi connectivity index (χ0v) is 15.1. The van der Waals surface area contributed by atoms with Crippen LogP contribution in [0.1, 0.15) is 23.1 Å². The fraction of sp³-hybridized carbons (Fsp3) is 0.692. The minimum atomic E-state index is -3.35. The Morgan fingerprint density at radius 1 is 1.45 bits per heavy atom. The van der Waals surface area contributed by atoms with E-state index in [0.717, 1.165) is 35.0 Å². The molecule has 1 rings (SSSR count). The van der Waals surface area contributed by atoms with Crippen molar-refractivity contribution in [3.8, 4) is 0 Å². The van der Waals surface area contributed by atoms with Crippen LogP contribution in [0.4, 0.5) is 0 Å². The highest BCUT2D eigenvalue weighted by molar-refractivity contribution is 7.98. The van der Waals surface area contributed by atoms with Crippen molar-refractivity contribution in [3.05, 3.63) is 15.8 Å². The highest BCUT2D eigenvalue weighted by atomic mass is 32.2. The Balaban J connectivity index is 2.84. The van der Waals surface area contributed by atoms with Crippen molar-refractivity contribution in [2.24, 2.45) is 0 Å². The van der Waals surface area contributed by atoms with Crippen molar-refractivity contribution in [3.63, 3.8) is 0 Å². The summed E-state index contributed by atoms with van der Waals surface area (Å²) in [6.45, 7) is 6.23. The third kappa shape index (κ3) is 4.73. The summed E-state index contributed by atoms with van der Waals surface area (Å²) in [6.07, 6.45) is 3.06. The van der Waals surface area contributed by atoms with Gasteiger partial charge in [-0.1, -0.05) is 6.92 Å². The second-order valence-corrected chi connectivity index (χ2v) is 8.97. The number of thiophene rings is 1. The van der Waals surface area contributed by atoms with Gasteiger partial charge in [-0.2, -0.15) is 11.8 Å². The average Bonchev–Trinajstić information content (AvgIpc) is 2.78. The Labute approximate surface area is 131 Å². The van der Waals surface area contributed by atoms with Gasteiger partial charge in [0, 0.05) is 35.6 Å².